The van der Waals surface area contributed by atoms with E-state index < -0.39 is 0 Å². The van der Waals surface area contributed by atoms with Crippen molar-refractivity contribution in [2.24, 2.45) is 4.99 Å². The van der Waals surface area contributed by atoms with Gasteiger partial charge < -0.3 is 4.74 Å². The first-order valence-corrected chi connectivity index (χ1v) is 5.14. The van der Waals surface area contributed by atoms with Crippen molar-refractivity contribution in [1.82, 2.24) is 0 Å². The number of hydrogen-bond acceptors (Lipinski definition) is 3. The van der Waals surface area contributed by atoms with E-state index in [2.05, 4.69) is 18.8 Å². The summed E-state index contributed by atoms with van der Waals surface area (Å²) in [6.45, 7) is 4.19. The Balaban J connectivity index is 2.67. The monoisotopic (exact) mass is 205 g/mol. The molecule has 0 aliphatic heterocycles. The summed E-state index contributed by atoms with van der Waals surface area (Å²) in [5, 5.41) is 0. The maximum atomic E-state index is 10.0. The Morgan fingerprint density at radius 3 is 2.33 bits per heavy atom. The molecule has 0 atom stereocenters. The Bertz CT molecular complexity index is 335. The Hall–Kier alpha value is -1.60. The summed E-state index contributed by atoms with van der Waals surface area (Å²) in [6.07, 6.45) is 3.74. The van der Waals surface area contributed by atoms with E-state index in [-0.39, 0.29) is 6.10 Å². The summed E-state index contributed by atoms with van der Waals surface area (Å²) in [4.78, 5) is 13.5. The zero-order valence-corrected chi connectivity index (χ0v) is 9.06. The third-order valence-corrected chi connectivity index (χ3v) is 2.22. The minimum atomic E-state index is 0.255. The van der Waals surface area contributed by atoms with Crippen LogP contribution in [0.3, 0.4) is 0 Å². The number of isocyanates is 1. The molecule has 0 aliphatic rings. The molecule has 3 nitrogen and oxygen atoms in total. The van der Waals surface area contributed by atoms with Crippen molar-refractivity contribution >= 4 is 11.8 Å². The standard InChI is InChI=1S/C12H15NO2/c1-3-11(4-2)15-12-7-5-10(6-8-12)13-9-14/h5-8,11H,3-4H2,1-2H3. The number of benzene rings is 1. The number of carbonyl (C=O) groups excluding carboxylic acids is 1. The van der Waals surface area contributed by atoms with Gasteiger partial charge in [0.25, 0.3) is 0 Å². The fourth-order valence-corrected chi connectivity index (χ4v) is 1.30. The smallest absolute Gasteiger partial charge is 0.240 e. The van der Waals surface area contributed by atoms with Gasteiger partial charge in [0.1, 0.15) is 5.75 Å². The third-order valence-electron chi connectivity index (χ3n) is 2.22. The van der Waals surface area contributed by atoms with Crippen molar-refractivity contribution in [1.29, 1.82) is 0 Å². The molecule has 1 aromatic carbocycles. The molecule has 0 spiro atoms. The van der Waals surface area contributed by atoms with Crippen molar-refractivity contribution in [3.05, 3.63) is 24.3 Å². The van der Waals surface area contributed by atoms with Crippen LogP contribution in [-0.2, 0) is 4.79 Å². The number of rotatable bonds is 5. The topological polar surface area (TPSA) is 38.7 Å². The first-order valence-electron chi connectivity index (χ1n) is 5.14. The van der Waals surface area contributed by atoms with Gasteiger partial charge >= 0.3 is 0 Å². The maximum absolute atomic E-state index is 10.0. The van der Waals surface area contributed by atoms with Gasteiger partial charge in [-0.25, -0.2) is 4.79 Å². The SMILES string of the molecule is CCC(CC)Oc1ccc(N=C=O)cc1. The average Bonchev–Trinajstić information content (AvgIpc) is 2.28. The molecule has 0 fully saturated rings. The van der Waals surface area contributed by atoms with Gasteiger partial charge in [0.2, 0.25) is 6.08 Å². The molecule has 0 N–H and O–H groups in total. The van der Waals surface area contributed by atoms with Gasteiger partial charge in [-0.1, -0.05) is 13.8 Å². The summed E-state index contributed by atoms with van der Waals surface area (Å²) < 4.78 is 5.71. The van der Waals surface area contributed by atoms with Gasteiger partial charge in [-0.2, -0.15) is 4.99 Å². The third kappa shape index (κ3) is 3.56. The largest absolute Gasteiger partial charge is 0.490 e. The Morgan fingerprint density at radius 1 is 1.27 bits per heavy atom. The Morgan fingerprint density at radius 2 is 1.87 bits per heavy atom. The van der Waals surface area contributed by atoms with Crippen LogP contribution in [0.4, 0.5) is 5.69 Å². The van der Waals surface area contributed by atoms with Crippen LogP contribution in [0.25, 0.3) is 0 Å². The van der Waals surface area contributed by atoms with Gasteiger partial charge in [-0.3, -0.25) is 0 Å². The highest BCUT2D eigenvalue weighted by atomic mass is 16.5. The Kier molecular flexibility index (Phi) is 4.58. The molecule has 0 aromatic heterocycles. The highest BCUT2D eigenvalue weighted by molar-refractivity contribution is 5.50. The lowest BCUT2D eigenvalue weighted by Crippen LogP contribution is -2.13. The number of ether oxygens (including phenoxy) is 1. The molecule has 0 aliphatic carbocycles. The first kappa shape index (κ1) is 11.5. The van der Waals surface area contributed by atoms with E-state index in [0.717, 1.165) is 18.6 Å². The van der Waals surface area contributed by atoms with Crippen LogP contribution in [0.5, 0.6) is 5.75 Å². The van der Waals surface area contributed by atoms with Crippen LogP contribution in [0.2, 0.25) is 0 Å². The number of nitrogens with zero attached hydrogens (tertiary/aromatic N) is 1. The Labute approximate surface area is 89.8 Å². The van der Waals surface area contributed by atoms with Crippen molar-refractivity contribution < 1.29 is 9.53 Å². The molecule has 3 heteroatoms. The fraction of sp³-hybridized carbons (Fsp3) is 0.417. The van der Waals surface area contributed by atoms with Crippen molar-refractivity contribution in [3.63, 3.8) is 0 Å². The van der Waals surface area contributed by atoms with E-state index >= 15 is 0 Å². The highest BCUT2D eigenvalue weighted by Crippen LogP contribution is 2.19. The second kappa shape index (κ2) is 5.99. The van der Waals surface area contributed by atoms with E-state index in [1.165, 1.54) is 6.08 Å². The predicted molar refractivity (Wildman–Crippen MR) is 59.2 cm³/mol. The molecule has 80 valence electrons. The van der Waals surface area contributed by atoms with Gasteiger partial charge in [-0.15, -0.1) is 0 Å². The molecule has 0 heterocycles. The minimum Gasteiger partial charge on any atom is -0.490 e. The van der Waals surface area contributed by atoms with E-state index in [4.69, 9.17) is 4.74 Å². The molecule has 0 bridgehead atoms. The van der Waals surface area contributed by atoms with Gasteiger partial charge in [0, 0.05) is 0 Å². The second-order valence-corrected chi connectivity index (χ2v) is 3.25. The van der Waals surface area contributed by atoms with Crippen LogP contribution < -0.4 is 4.74 Å². The zero-order chi connectivity index (χ0) is 11.1. The van der Waals surface area contributed by atoms with E-state index in [1.807, 2.05) is 12.1 Å². The van der Waals surface area contributed by atoms with E-state index in [9.17, 15) is 4.79 Å². The summed E-state index contributed by atoms with van der Waals surface area (Å²) in [6, 6.07) is 7.11. The zero-order valence-electron chi connectivity index (χ0n) is 9.06. The predicted octanol–water partition coefficient (Wildman–Crippen LogP) is 3.22. The quantitative estimate of drug-likeness (QED) is 0.546. The van der Waals surface area contributed by atoms with Crippen LogP contribution in [0.1, 0.15) is 26.7 Å². The van der Waals surface area contributed by atoms with E-state index in [0.29, 0.717) is 5.69 Å². The summed E-state index contributed by atoms with van der Waals surface area (Å²) in [7, 11) is 0. The lowest BCUT2D eigenvalue weighted by atomic mass is 10.2. The van der Waals surface area contributed by atoms with Crippen LogP contribution in [0.15, 0.2) is 29.3 Å². The highest BCUT2D eigenvalue weighted by Gasteiger charge is 2.04. The summed E-state index contributed by atoms with van der Waals surface area (Å²) >= 11 is 0. The second-order valence-electron chi connectivity index (χ2n) is 3.25. The van der Waals surface area contributed by atoms with Gasteiger partial charge in [0.05, 0.1) is 11.8 Å². The van der Waals surface area contributed by atoms with Crippen molar-refractivity contribution in [2.45, 2.75) is 32.8 Å². The van der Waals surface area contributed by atoms with Gasteiger partial charge in [-0.05, 0) is 37.1 Å². The molecular weight excluding hydrogens is 190 g/mol. The number of aliphatic imine (C=N–C) groups is 1. The fourth-order valence-electron chi connectivity index (χ4n) is 1.30. The van der Waals surface area contributed by atoms with Gasteiger partial charge in [0.15, 0.2) is 0 Å². The normalized spacial score (nSPS) is 9.80. The minimum absolute atomic E-state index is 0.255. The molecule has 1 aromatic rings. The number of hydrogen-bond donors (Lipinski definition) is 0. The molecule has 15 heavy (non-hydrogen) atoms. The lowest BCUT2D eigenvalue weighted by Gasteiger charge is -2.15. The van der Waals surface area contributed by atoms with Crippen LogP contribution in [-0.4, -0.2) is 12.2 Å². The molecule has 1 rings (SSSR count). The lowest BCUT2D eigenvalue weighted by molar-refractivity contribution is 0.193. The van der Waals surface area contributed by atoms with Crippen molar-refractivity contribution in [2.75, 3.05) is 0 Å². The first-order chi connectivity index (χ1) is 7.30. The molecule has 0 amide bonds. The average molecular weight is 205 g/mol. The molecule has 0 saturated heterocycles. The summed E-state index contributed by atoms with van der Waals surface area (Å²) in [5.41, 5.74) is 0.599. The molecule has 0 unspecified atom stereocenters. The van der Waals surface area contributed by atoms with Crippen molar-refractivity contribution in [3.8, 4) is 5.75 Å². The maximum Gasteiger partial charge on any atom is 0.240 e. The molecule has 0 radical (unpaired) electrons. The molecular formula is C12H15NO2. The molecule has 0 saturated carbocycles. The van der Waals surface area contributed by atoms with Crippen LogP contribution >= 0.6 is 0 Å². The summed E-state index contributed by atoms with van der Waals surface area (Å²) in [5.74, 6) is 0.813. The van der Waals surface area contributed by atoms with Crippen LogP contribution in [0, 0.1) is 0 Å². The van der Waals surface area contributed by atoms with E-state index in [1.54, 1.807) is 12.1 Å².